The van der Waals surface area contributed by atoms with Crippen LogP contribution < -0.4 is 4.72 Å². The van der Waals surface area contributed by atoms with Crippen molar-refractivity contribution in [1.82, 2.24) is 4.72 Å². The predicted octanol–water partition coefficient (Wildman–Crippen LogP) is 1.37. The third-order valence-electron chi connectivity index (χ3n) is 4.55. The molecule has 0 unspecified atom stereocenters. The zero-order chi connectivity index (χ0) is 15.3. The number of nitrogens with one attached hydrogen (secondary N) is 1. The van der Waals surface area contributed by atoms with Crippen molar-refractivity contribution >= 4 is 16.0 Å². The van der Waals surface area contributed by atoms with Gasteiger partial charge < -0.3 is 9.84 Å². The first kappa shape index (κ1) is 16.7. The van der Waals surface area contributed by atoms with Crippen LogP contribution in [-0.4, -0.2) is 44.5 Å². The maximum Gasteiger partial charge on any atom is 0.308 e. The van der Waals surface area contributed by atoms with Crippen LogP contribution in [0, 0.1) is 11.8 Å². The molecule has 0 amide bonds. The molecule has 2 atom stereocenters. The Balaban J connectivity index is 1.85. The minimum absolute atomic E-state index is 0.0838. The summed E-state index contributed by atoms with van der Waals surface area (Å²) in [7, 11) is -3.40. The second kappa shape index (κ2) is 7.56. The SMILES string of the molecule is O=C(O)[C@@H]1CCCC[C@@H]1NS(=O)(=O)CCC1CCOCC1. The summed E-state index contributed by atoms with van der Waals surface area (Å²) < 4.78 is 32.2. The van der Waals surface area contributed by atoms with Gasteiger partial charge in [0.25, 0.3) is 0 Å². The Morgan fingerprint density at radius 2 is 1.81 bits per heavy atom. The van der Waals surface area contributed by atoms with E-state index in [-0.39, 0.29) is 5.75 Å². The Kier molecular flexibility index (Phi) is 6.01. The first-order chi connectivity index (χ1) is 9.98. The van der Waals surface area contributed by atoms with Gasteiger partial charge in [-0.3, -0.25) is 4.79 Å². The van der Waals surface area contributed by atoms with Gasteiger partial charge in [-0.05, 0) is 38.0 Å². The molecule has 7 heteroatoms. The van der Waals surface area contributed by atoms with Gasteiger partial charge in [0, 0.05) is 19.3 Å². The molecule has 2 aliphatic rings. The van der Waals surface area contributed by atoms with E-state index in [0.29, 0.717) is 38.4 Å². The summed E-state index contributed by atoms with van der Waals surface area (Å²) in [6.07, 6.45) is 5.38. The predicted molar refractivity (Wildman–Crippen MR) is 78.5 cm³/mol. The molecule has 0 aromatic heterocycles. The van der Waals surface area contributed by atoms with Crippen molar-refractivity contribution in [2.75, 3.05) is 19.0 Å². The molecular weight excluding hydrogens is 294 g/mol. The number of carboxylic acid groups (broad SMARTS) is 1. The normalized spacial score (nSPS) is 28.4. The van der Waals surface area contributed by atoms with Crippen LogP contribution in [0.5, 0.6) is 0 Å². The van der Waals surface area contributed by atoms with Gasteiger partial charge in [-0.15, -0.1) is 0 Å². The van der Waals surface area contributed by atoms with Gasteiger partial charge in [0.05, 0.1) is 11.7 Å². The Labute approximate surface area is 126 Å². The number of carbonyl (C=O) groups is 1. The van der Waals surface area contributed by atoms with E-state index in [1.54, 1.807) is 0 Å². The van der Waals surface area contributed by atoms with Gasteiger partial charge in [-0.25, -0.2) is 13.1 Å². The number of hydrogen-bond donors (Lipinski definition) is 2. The van der Waals surface area contributed by atoms with E-state index in [2.05, 4.69) is 4.72 Å². The molecular formula is C14H25NO5S. The Hall–Kier alpha value is -0.660. The smallest absolute Gasteiger partial charge is 0.308 e. The molecule has 1 saturated carbocycles. The highest BCUT2D eigenvalue weighted by Gasteiger charge is 2.33. The van der Waals surface area contributed by atoms with Crippen molar-refractivity contribution < 1.29 is 23.1 Å². The molecule has 2 N–H and O–H groups in total. The molecule has 6 nitrogen and oxygen atoms in total. The minimum atomic E-state index is -3.40. The molecule has 2 rings (SSSR count). The van der Waals surface area contributed by atoms with Crippen molar-refractivity contribution in [1.29, 1.82) is 0 Å². The zero-order valence-corrected chi connectivity index (χ0v) is 13.1. The lowest BCUT2D eigenvalue weighted by Crippen LogP contribution is -2.45. The molecule has 1 aliphatic carbocycles. The molecule has 1 aliphatic heterocycles. The summed E-state index contributed by atoms with van der Waals surface area (Å²) >= 11 is 0. The molecule has 0 aromatic rings. The lowest BCUT2D eigenvalue weighted by Gasteiger charge is -2.29. The summed E-state index contributed by atoms with van der Waals surface area (Å²) in [4.78, 5) is 11.2. The van der Waals surface area contributed by atoms with Crippen molar-refractivity contribution in [3.05, 3.63) is 0 Å². The minimum Gasteiger partial charge on any atom is -0.481 e. The van der Waals surface area contributed by atoms with Crippen LogP contribution in [0.2, 0.25) is 0 Å². The monoisotopic (exact) mass is 319 g/mol. The van der Waals surface area contributed by atoms with Crippen molar-refractivity contribution in [2.45, 2.75) is 51.0 Å². The number of carboxylic acids is 1. The van der Waals surface area contributed by atoms with Crippen LogP contribution in [0.1, 0.15) is 44.9 Å². The van der Waals surface area contributed by atoms with Crippen LogP contribution in [-0.2, 0) is 19.6 Å². The molecule has 1 saturated heterocycles. The number of sulfonamides is 1. The zero-order valence-electron chi connectivity index (χ0n) is 12.3. The fraction of sp³-hybridized carbons (Fsp3) is 0.929. The second-order valence-electron chi connectivity index (χ2n) is 6.12. The maximum absolute atomic E-state index is 12.2. The fourth-order valence-corrected chi connectivity index (χ4v) is 4.72. The van der Waals surface area contributed by atoms with Crippen molar-refractivity contribution in [2.24, 2.45) is 11.8 Å². The molecule has 1 heterocycles. The Morgan fingerprint density at radius 3 is 2.48 bits per heavy atom. The van der Waals surface area contributed by atoms with Crippen molar-refractivity contribution in [3.63, 3.8) is 0 Å². The van der Waals surface area contributed by atoms with Gasteiger partial charge in [-0.2, -0.15) is 0 Å². The number of hydrogen-bond acceptors (Lipinski definition) is 4. The van der Waals surface area contributed by atoms with E-state index in [0.717, 1.165) is 25.7 Å². The van der Waals surface area contributed by atoms with Crippen LogP contribution >= 0.6 is 0 Å². The highest BCUT2D eigenvalue weighted by atomic mass is 32.2. The van der Waals surface area contributed by atoms with E-state index < -0.39 is 28.0 Å². The van der Waals surface area contributed by atoms with Crippen LogP contribution in [0.4, 0.5) is 0 Å². The largest absolute Gasteiger partial charge is 0.481 e. The first-order valence-electron chi connectivity index (χ1n) is 7.78. The molecule has 0 radical (unpaired) electrons. The van der Waals surface area contributed by atoms with Crippen LogP contribution in [0.3, 0.4) is 0 Å². The lowest BCUT2D eigenvalue weighted by atomic mass is 9.85. The summed E-state index contributed by atoms with van der Waals surface area (Å²) in [5.41, 5.74) is 0. The molecule has 21 heavy (non-hydrogen) atoms. The molecule has 0 aromatic carbocycles. The van der Waals surface area contributed by atoms with Gasteiger partial charge in [0.1, 0.15) is 0 Å². The van der Waals surface area contributed by atoms with E-state index in [4.69, 9.17) is 4.74 Å². The number of ether oxygens (including phenoxy) is 1. The van der Waals surface area contributed by atoms with E-state index in [1.165, 1.54) is 0 Å². The van der Waals surface area contributed by atoms with E-state index >= 15 is 0 Å². The standard InChI is InChI=1S/C14H25NO5S/c16-14(17)12-3-1-2-4-13(12)15-21(18,19)10-7-11-5-8-20-9-6-11/h11-13,15H,1-10H2,(H,16,17)/t12-,13+/m1/s1. The summed E-state index contributed by atoms with van der Waals surface area (Å²) in [5.74, 6) is -0.999. The summed E-state index contributed by atoms with van der Waals surface area (Å²) in [5, 5.41) is 9.19. The Bertz CT molecular complexity index is 444. The highest BCUT2D eigenvalue weighted by Crippen LogP contribution is 2.26. The third-order valence-corrected chi connectivity index (χ3v) is 5.98. The molecule has 2 fully saturated rings. The lowest BCUT2D eigenvalue weighted by molar-refractivity contribution is -0.143. The van der Waals surface area contributed by atoms with Crippen LogP contribution in [0.25, 0.3) is 0 Å². The van der Waals surface area contributed by atoms with E-state index in [1.807, 2.05) is 0 Å². The van der Waals surface area contributed by atoms with Gasteiger partial charge >= 0.3 is 5.97 Å². The third kappa shape index (κ3) is 5.23. The highest BCUT2D eigenvalue weighted by molar-refractivity contribution is 7.89. The van der Waals surface area contributed by atoms with Crippen LogP contribution in [0.15, 0.2) is 0 Å². The Morgan fingerprint density at radius 1 is 1.14 bits per heavy atom. The fourth-order valence-electron chi connectivity index (χ4n) is 3.21. The topological polar surface area (TPSA) is 92.7 Å². The van der Waals surface area contributed by atoms with Gasteiger partial charge in [0.15, 0.2) is 0 Å². The summed E-state index contributed by atoms with van der Waals surface area (Å²) in [6.45, 7) is 1.42. The van der Waals surface area contributed by atoms with E-state index in [9.17, 15) is 18.3 Å². The second-order valence-corrected chi connectivity index (χ2v) is 7.99. The maximum atomic E-state index is 12.2. The molecule has 0 spiro atoms. The van der Waals surface area contributed by atoms with Crippen molar-refractivity contribution in [3.8, 4) is 0 Å². The van der Waals surface area contributed by atoms with Gasteiger partial charge in [-0.1, -0.05) is 12.8 Å². The average molecular weight is 319 g/mol. The number of rotatable bonds is 6. The molecule has 122 valence electrons. The van der Waals surface area contributed by atoms with Gasteiger partial charge in [0.2, 0.25) is 10.0 Å². The molecule has 0 bridgehead atoms. The first-order valence-corrected chi connectivity index (χ1v) is 9.44. The quantitative estimate of drug-likeness (QED) is 0.771. The summed E-state index contributed by atoms with van der Waals surface area (Å²) in [6, 6.07) is -0.448. The average Bonchev–Trinajstić information content (AvgIpc) is 2.46. The number of aliphatic carboxylic acids is 1.